The number of aromatic nitrogens is 2. The van der Waals surface area contributed by atoms with E-state index in [0.717, 1.165) is 36.0 Å². The van der Waals surface area contributed by atoms with E-state index in [0.29, 0.717) is 12.3 Å². The highest BCUT2D eigenvalue weighted by atomic mass is 79.9. The number of nitrogens with zero attached hydrogens (tertiary/aromatic N) is 3. The molecule has 6 atom stereocenters. The van der Waals surface area contributed by atoms with Crippen LogP contribution in [-0.2, 0) is 24.9 Å². The molecule has 34 heavy (non-hydrogen) atoms. The van der Waals surface area contributed by atoms with Crippen LogP contribution in [0, 0.1) is 5.92 Å². The monoisotopic (exact) mass is 562 g/mol. The van der Waals surface area contributed by atoms with Gasteiger partial charge in [-0.15, -0.1) is 0 Å². The van der Waals surface area contributed by atoms with Crippen LogP contribution in [0.5, 0.6) is 0 Å². The average molecular weight is 563 g/mol. The summed E-state index contributed by atoms with van der Waals surface area (Å²) in [6.07, 6.45) is 6.71. The molecule has 1 saturated heterocycles. The Kier molecular flexibility index (Phi) is 7.52. The molecule has 0 spiro atoms. The summed E-state index contributed by atoms with van der Waals surface area (Å²) in [5, 5.41) is 0. The lowest BCUT2D eigenvalue weighted by Gasteiger charge is -2.33. The maximum Gasteiger partial charge on any atom is 0.410 e. The molecule has 1 amide bonds. The molecule has 2 saturated carbocycles. The fourth-order valence-electron chi connectivity index (χ4n) is 5.51. The van der Waals surface area contributed by atoms with Crippen molar-refractivity contribution in [2.45, 2.75) is 88.6 Å². The van der Waals surface area contributed by atoms with Crippen LogP contribution in [-0.4, -0.2) is 72.3 Å². The number of likely N-dealkylation sites (tertiary alicyclic amines) is 1. The third kappa shape index (κ3) is 5.39. The number of fused-ring (bicyclic) bond motifs is 1. The summed E-state index contributed by atoms with van der Waals surface area (Å²) in [4.78, 5) is 23.3. The summed E-state index contributed by atoms with van der Waals surface area (Å²) in [5.41, 5.74) is 0.0227. The van der Waals surface area contributed by atoms with Gasteiger partial charge in [-0.1, -0.05) is 0 Å². The lowest BCUT2D eigenvalue weighted by atomic mass is 9.86. The van der Waals surface area contributed by atoms with Gasteiger partial charge in [-0.2, -0.15) is 0 Å². The van der Waals surface area contributed by atoms with E-state index in [9.17, 15) is 17.6 Å². The van der Waals surface area contributed by atoms with Gasteiger partial charge in [0.25, 0.3) is 0 Å². The smallest absolute Gasteiger partial charge is 0.410 e. The van der Waals surface area contributed by atoms with Gasteiger partial charge in [0.1, 0.15) is 5.82 Å². The third-order valence-corrected chi connectivity index (χ3v) is 8.53. The van der Waals surface area contributed by atoms with E-state index in [-0.39, 0.29) is 30.3 Å². The van der Waals surface area contributed by atoms with Crippen molar-refractivity contribution < 1.29 is 27.1 Å². The van der Waals surface area contributed by atoms with Crippen LogP contribution in [0.1, 0.15) is 58.7 Å². The predicted octanol–water partition coefficient (Wildman–Crippen LogP) is 3.29. The molecule has 190 valence electrons. The van der Waals surface area contributed by atoms with E-state index < -0.39 is 34.2 Å². The molecule has 9 nitrogen and oxygen atoms in total. The molecule has 2 heterocycles. The number of hydrogen-bond acceptors (Lipinski definition) is 7. The number of carbonyl (C=O) groups is 1. The Hall–Kier alpha value is -1.37. The molecule has 1 aromatic rings. The summed E-state index contributed by atoms with van der Waals surface area (Å²) < 4.78 is 51.8. The van der Waals surface area contributed by atoms with Crippen LogP contribution in [0.25, 0.3) is 0 Å². The van der Waals surface area contributed by atoms with Crippen molar-refractivity contribution in [2.24, 2.45) is 5.92 Å². The fourth-order valence-corrected chi connectivity index (χ4v) is 6.49. The quantitative estimate of drug-likeness (QED) is 0.517. The lowest BCUT2D eigenvalue weighted by molar-refractivity contribution is -0.0147. The Balaban J connectivity index is 1.41. The average Bonchev–Trinajstić information content (AvgIpc) is 3.42. The molecule has 0 radical (unpaired) electrons. The van der Waals surface area contributed by atoms with E-state index >= 15 is 0 Å². The Labute approximate surface area is 208 Å². The largest absolute Gasteiger partial charge is 0.447 e. The van der Waals surface area contributed by atoms with E-state index in [1.165, 1.54) is 4.90 Å². The van der Waals surface area contributed by atoms with Crippen LogP contribution < -0.4 is 4.72 Å². The molecule has 0 aromatic carbocycles. The van der Waals surface area contributed by atoms with E-state index in [1.807, 2.05) is 6.92 Å². The van der Waals surface area contributed by atoms with Gasteiger partial charge in [0.2, 0.25) is 16.0 Å². The van der Waals surface area contributed by atoms with E-state index in [2.05, 4.69) is 30.6 Å². The second kappa shape index (κ2) is 9.94. The summed E-state index contributed by atoms with van der Waals surface area (Å²) in [5.74, 6) is 1.32. The first-order valence-corrected chi connectivity index (χ1v) is 14.1. The van der Waals surface area contributed by atoms with E-state index in [4.69, 9.17) is 9.47 Å². The second-order valence-electron chi connectivity index (χ2n) is 9.95. The van der Waals surface area contributed by atoms with Gasteiger partial charge in [-0.25, -0.2) is 32.3 Å². The zero-order chi connectivity index (χ0) is 24.7. The minimum atomic E-state index is -4.09. The predicted molar refractivity (Wildman–Crippen MR) is 126 cm³/mol. The zero-order valence-electron chi connectivity index (χ0n) is 19.6. The lowest BCUT2D eigenvalue weighted by Crippen LogP contribution is -2.51. The van der Waals surface area contributed by atoms with Gasteiger partial charge in [-0.05, 0) is 74.7 Å². The molecule has 3 aliphatic rings. The number of amides is 1. The molecule has 4 rings (SSSR count). The fraction of sp³-hybridized carbons (Fsp3) is 0.773. The summed E-state index contributed by atoms with van der Waals surface area (Å²) in [7, 11) is -4.09. The SMILES string of the molecule is CC(C)OC(=O)N1[C@H](C)C[C@H](NS(=O)(=O)CF)[C@@H]1CO[C@H]1CC[C@@]2(c3ncc(Br)cn3)C[C@H]2C1. The van der Waals surface area contributed by atoms with Crippen molar-refractivity contribution in [1.82, 2.24) is 19.6 Å². The number of alkyl halides is 1. The number of nitrogens with one attached hydrogen (secondary N) is 1. The van der Waals surface area contributed by atoms with Crippen LogP contribution in [0.3, 0.4) is 0 Å². The second-order valence-corrected chi connectivity index (χ2v) is 12.6. The van der Waals surface area contributed by atoms with Gasteiger partial charge in [0, 0.05) is 29.9 Å². The summed E-state index contributed by atoms with van der Waals surface area (Å²) in [6, 6.07) is -3.01. The van der Waals surface area contributed by atoms with Crippen molar-refractivity contribution >= 4 is 32.0 Å². The van der Waals surface area contributed by atoms with Crippen LogP contribution >= 0.6 is 15.9 Å². The van der Waals surface area contributed by atoms with Gasteiger partial charge in [-0.3, -0.25) is 4.90 Å². The van der Waals surface area contributed by atoms with Gasteiger partial charge < -0.3 is 9.47 Å². The molecule has 1 aliphatic heterocycles. The molecule has 3 fully saturated rings. The van der Waals surface area contributed by atoms with Gasteiger partial charge >= 0.3 is 6.09 Å². The first-order valence-electron chi connectivity index (χ1n) is 11.7. The topological polar surface area (TPSA) is 111 Å². The molecular formula is C22H32BrFN4O5S. The minimum Gasteiger partial charge on any atom is -0.447 e. The maximum absolute atomic E-state index is 13.0. The molecule has 0 bridgehead atoms. The van der Waals surface area contributed by atoms with Crippen molar-refractivity contribution in [3.63, 3.8) is 0 Å². The third-order valence-electron chi connectivity index (χ3n) is 7.17. The number of ether oxygens (including phenoxy) is 2. The van der Waals surface area contributed by atoms with Crippen molar-refractivity contribution in [1.29, 1.82) is 0 Å². The van der Waals surface area contributed by atoms with Crippen LogP contribution in [0.4, 0.5) is 9.18 Å². The Morgan fingerprint density at radius 1 is 1.35 bits per heavy atom. The number of hydrogen-bond donors (Lipinski definition) is 1. The number of rotatable bonds is 8. The normalized spacial score (nSPS) is 33.1. The van der Waals surface area contributed by atoms with Crippen molar-refractivity contribution in [3.8, 4) is 0 Å². The molecule has 12 heteroatoms. The Morgan fingerprint density at radius 3 is 2.68 bits per heavy atom. The number of halogens is 2. The molecular weight excluding hydrogens is 531 g/mol. The molecule has 1 aromatic heterocycles. The number of carbonyl (C=O) groups excluding carboxylic acids is 1. The maximum atomic E-state index is 13.0. The highest BCUT2D eigenvalue weighted by molar-refractivity contribution is 9.10. The molecule has 1 N–H and O–H groups in total. The van der Waals surface area contributed by atoms with Gasteiger partial charge in [0.15, 0.2) is 0 Å². The van der Waals surface area contributed by atoms with Gasteiger partial charge in [0.05, 0.1) is 29.3 Å². The standard InChI is InChI=1S/C22H32BrFN4O5S/c1-13(2)33-21(29)28-14(3)6-18(27-34(30,31)12-24)19(28)11-32-17-4-5-22(8-15(22)7-17)20-25-9-16(23)10-26-20/h9-10,13-15,17-19,27H,4-8,11-12H2,1-3H3/t14-,15-,17+,18+,19+,22-/m1/s1. The van der Waals surface area contributed by atoms with E-state index in [1.54, 1.807) is 26.2 Å². The zero-order valence-corrected chi connectivity index (χ0v) is 22.0. The molecule has 2 aliphatic carbocycles. The first kappa shape index (κ1) is 25.7. The Morgan fingerprint density at radius 2 is 2.06 bits per heavy atom. The van der Waals surface area contributed by atoms with Crippen molar-refractivity contribution in [3.05, 3.63) is 22.7 Å². The highest BCUT2D eigenvalue weighted by Crippen LogP contribution is 2.61. The minimum absolute atomic E-state index is 0.00613. The summed E-state index contributed by atoms with van der Waals surface area (Å²) >= 11 is 3.38. The Bertz CT molecular complexity index is 998. The van der Waals surface area contributed by atoms with Crippen molar-refractivity contribution in [2.75, 3.05) is 12.6 Å². The highest BCUT2D eigenvalue weighted by Gasteiger charge is 2.60. The number of sulfonamides is 1. The first-order chi connectivity index (χ1) is 16.0. The summed E-state index contributed by atoms with van der Waals surface area (Å²) in [6.45, 7) is 5.49. The van der Waals surface area contributed by atoms with Crippen LogP contribution in [0.2, 0.25) is 0 Å². The molecule has 0 unspecified atom stereocenters. The van der Waals surface area contributed by atoms with Crippen LogP contribution in [0.15, 0.2) is 16.9 Å².